The van der Waals surface area contributed by atoms with Crippen LogP contribution in [0.5, 0.6) is 0 Å². The molecule has 1 aromatic heterocycles. The molecule has 0 spiro atoms. The molecule has 0 aliphatic heterocycles. The van der Waals surface area contributed by atoms with Crippen LogP contribution in [0.3, 0.4) is 0 Å². The zero-order valence-corrected chi connectivity index (χ0v) is 7.77. The summed E-state index contributed by atoms with van der Waals surface area (Å²) in [6.07, 6.45) is 1.79. The van der Waals surface area contributed by atoms with Crippen molar-refractivity contribution in [3.63, 3.8) is 0 Å². The fourth-order valence-electron chi connectivity index (χ4n) is 1.02. The Balaban J connectivity index is 2.72. The topological polar surface area (TPSA) is 25.2 Å². The molecule has 3 heteroatoms. The maximum Gasteiger partial charge on any atom is 0.193 e. The zero-order chi connectivity index (χ0) is 8.97. The molecule has 1 aromatic rings. The Kier molecular flexibility index (Phi) is 3.38. The molecule has 0 aromatic carbocycles. The Morgan fingerprint density at radius 3 is 2.92 bits per heavy atom. The maximum absolute atomic E-state index is 5.63. The summed E-state index contributed by atoms with van der Waals surface area (Å²) < 4.78 is 5.22. The Hall–Kier alpha value is -0.730. The normalized spacial score (nSPS) is 12.8. The lowest BCUT2D eigenvalue weighted by atomic mass is 10.2. The van der Waals surface area contributed by atoms with E-state index in [-0.39, 0.29) is 6.04 Å². The van der Waals surface area contributed by atoms with Crippen molar-refractivity contribution in [3.05, 3.63) is 35.8 Å². The first-order valence-electron chi connectivity index (χ1n) is 3.89. The molecular formula is C9H12ClNO. The summed E-state index contributed by atoms with van der Waals surface area (Å²) in [5.74, 6) is 0.803. The van der Waals surface area contributed by atoms with Crippen LogP contribution in [-0.2, 0) is 0 Å². The first-order valence-corrected chi connectivity index (χ1v) is 4.27. The molecule has 0 bridgehead atoms. The molecule has 0 fully saturated rings. The predicted molar refractivity (Wildman–Crippen MR) is 50.3 cm³/mol. The zero-order valence-electron chi connectivity index (χ0n) is 7.01. The van der Waals surface area contributed by atoms with Crippen molar-refractivity contribution in [2.75, 3.05) is 6.54 Å². The van der Waals surface area contributed by atoms with Gasteiger partial charge in [0.2, 0.25) is 0 Å². The lowest BCUT2D eigenvalue weighted by Gasteiger charge is -2.09. The van der Waals surface area contributed by atoms with E-state index in [0.717, 1.165) is 12.3 Å². The first kappa shape index (κ1) is 9.36. The molecule has 1 N–H and O–H groups in total. The summed E-state index contributed by atoms with van der Waals surface area (Å²) in [7, 11) is 0. The minimum absolute atomic E-state index is 0.0579. The molecule has 0 saturated heterocycles. The third-order valence-corrected chi connectivity index (χ3v) is 1.76. The second kappa shape index (κ2) is 4.33. The summed E-state index contributed by atoms with van der Waals surface area (Å²) in [4.78, 5) is 0. The highest BCUT2D eigenvalue weighted by molar-refractivity contribution is 6.28. The molecule has 0 amide bonds. The molecule has 1 heterocycles. The number of halogens is 1. The van der Waals surface area contributed by atoms with E-state index >= 15 is 0 Å². The molecule has 1 unspecified atom stereocenters. The number of likely N-dealkylation sites (N-methyl/N-ethyl adjacent to an activating group) is 1. The summed E-state index contributed by atoms with van der Waals surface area (Å²) >= 11 is 5.63. The maximum atomic E-state index is 5.63. The Morgan fingerprint density at radius 1 is 1.75 bits per heavy atom. The van der Waals surface area contributed by atoms with E-state index in [9.17, 15) is 0 Å². The van der Waals surface area contributed by atoms with Gasteiger partial charge in [-0.1, -0.05) is 13.0 Å². The Morgan fingerprint density at radius 2 is 2.50 bits per heavy atom. The van der Waals surface area contributed by atoms with E-state index in [1.165, 1.54) is 0 Å². The Labute approximate surface area is 77.2 Å². The molecule has 1 rings (SSSR count). The van der Waals surface area contributed by atoms with Gasteiger partial charge >= 0.3 is 0 Å². The second-order valence-electron chi connectivity index (χ2n) is 2.41. The van der Waals surface area contributed by atoms with Gasteiger partial charge < -0.3 is 9.73 Å². The highest BCUT2D eigenvalue weighted by atomic mass is 35.5. The summed E-state index contributed by atoms with van der Waals surface area (Å²) in [5.41, 5.74) is 0. The van der Waals surface area contributed by atoms with Crippen LogP contribution in [0.4, 0.5) is 0 Å². The van der Waals surface area contributed by atoms with E-state index in [0.29, 0.717) is 5.22 Å². The van der Waals surface area contributed by atoms with E-state index in [2.05, 4.69) is 11.9 Å². The van der Waals surface area contributed by atoms with Crippen LogP contribution < -0.4 is 5.32 Å². The van der Waals surface area contributed by atoms with Crippen LogP contribution >= 0.6 is 11.6 Å². The SMILES string of the molecule is C=CC(NCC)c1ccc(Cl)o1. The highest BCUT2D eigenvalue weighted by Crippen LogP contribution is 2.20. The van der Waals surface area contributed by atoms with Gasteiger partial charge in [-0.25, -0.2) is 0 Å². The van der Waals surface area contributed by atoms with Crippen LogP contribution in [-0.4, -0.2) is 6.54 Å². The Bertz CT molecular complexity index is 257. The average molecular weight is 186 g/mol. The second-order valence-corrected chi connectivity index (χ2v) is 2.79. The molecule has 12 heavy (non-hydrogen) atoms. The largest absolute Gasteiger partial charge is 0.448 e. The fraction of sp³-hybridized carbons (Fsp3) is 0.333. The van der Waals surface area contributed by atoms with Crippen molar-refractivity contribution in [2.45, 2.75) is 13.0 Å². The van der Waals surface area contributed by atoms with Crippen LogP contribution in [0.15, 0.2) is 29.2 Å². The molecule has 1 atom stereocenters. The minimum atomic E-state index is 0.0579. The monoisotopic (exact) mass is 185 g/mol. The number of rotatable bonds is 4. The van der Waals surface area contributed by atoms with Gasteiger partial charge in [0.25, 0.3) is 0 Å². The van der Waals surface area contributed by atoms with E-state index < -0.39 is 0 Å². The van der Waals surface area contributed by atoms with E-state index in [1.807, 2.05) is 13.0 Å². The number of hydrogen-bond acceptors (Lipinski definition) is 2. The van der Waals surface area contributed by atoms with Gasteiger partial charge in [0.1, 0.15) is 5.76 Å². The molecule has 66 valence electrons. The van der Waals surface area contributed by atoms with Crippen molar-refractivity contribution < 1.29 is 4.42 Å². The van der Waals surface area contributed by atoms with Gasteiger partial charge in [-0.3, -0.25) is 0 Å². The van der Waals surface area contributed by atoms with Crippen molar-refractivity contribution in [2.24, 2.45) is 0 Å². The van der Waals surface area contributed by atoms with Crippen molar-refractivity contribution in [1.29, 1.82) is 0 Å². The molecule has 0 aliphatic rings. The van der Waals surface area contributed by atoms with Gasteiger partial charge in [0.15, 0.2) is 5.22 Å². The van der Waals surface area contributed by atoms with E-state index in [1.54, 1.807) is 12.1 Å². The van der Waals surface area contributed by atoms with E-state index in [4.69, 9.17) is 16.0 Å². The average Bonchev–Trinajstić information content (AvgIpc) is 2.47. The molecule has 0 aliphatic carbocycles. The summed E-state index contributed by atoms with van der Waals surface area (Å²) in [6, 6.07) is 3.63. The third kappa shape index (κ3) is 2.13. The molecular weight excluding hydrogens is 174 g/mol. The van der Waals surface area contributed by atoms with Crippen LogP contribution in [0.1, 0.15) is 18.7 Å². The lowest BCUT2D eigenvalue weighted by molar-refractivity contribution is 0.460. The van der Waals surface area contributed by atoms with Crippen LogP contribution in [0.2, 0.25) is 5.22 Å². The van der Waals surface area contributed by atoms with Crippen molar-refractivity contribution in [3.8, 4) is 0 Å². The smallest absolute Gasteiger partial charge is 0.193 e. The van der Waals surface area contributed by atoms with Gasteiger partial charge in [-0.15, -0.1) is 6.58 Å². The first-order chi connectivity index (χ1) is 5.77. The third-order valence-electron chi connectivity index (χ3n) is 1.56. The summed E-state index contributed by atoms with van der Waals surface area (Å²) in [5, 5.41) is 3.60. The predicted octanol–water partition coefficient (Wildman–Crippen LogP) is 2.77. The number of furan rings is 1. The standard InChI is InChI=1S/C9H12ClNO/c1-3-7(11-4-2)8-5-6-9(10)12-8/h3,5-7,11H,1,4H2,2H3. The molecule has 2 nitrogen and oxygen atoms in total. The minimum Gasteiger partial charge on any atom is -0.448 e. The van der Waals surface area contributed by atoms with Gasteiger partial charge in [-0.2, -0.15) is 0 Å². The van der Waals surface area contributed by atoms with Gasteiger partial charge in [0.05, 0.1) is 6.04 Å². The lowest BCUT2D eigenvalue weighted by Crippen LogP contribution is -2.17. The molecule has 0 saturated carbocycles. The van der Waals surface area contributed by atoms with Gasteiger partial charge in [-0.05, 0) is 30.3 Å². The van der Waals surface area contributed by atoms with Crippen molar-refractivity contribution in [1.82, 2.24) is 5.32 Å². The summed E-state index contributed by atoms with van der Waals surface area (Å²) in [6.45, 7) is 6.60. The highest BCUT2D eigenvalue weighted by Gasteiger charge is 2.09. The number of nitrogens with one attached hydrogen (secondary N) is 1. The van der Waals surface area contributed by atoms with Crippen LogP contribution in [0, 0.1) is 0 Å². The molecule has 0 radical (unpaired) electrons. The van der Waals surface area contributed by atoms with Crippen molar-refractivity contribution >= 4 is 11.6 Å². The van der Waals surface area contributed by atoms with Gasteiger partial charge in [0, 0.05) is 0 Å². The number of hydrogen-bond donors (Lipinski definition) is 1. The fourth-order valence-corrected chi connectivity index (χ4v) is 1.17. The van der Waals surface area contributed by atoms with Crippen LogP contribution in [0.25, 0.3) is 0 Å². The quantitative estimate of drug-likeness (QED) is 0.730.